The van der Waals surface area contributed by atoms with Crippen LogP contribution in [0.25, 0.3) is 0 Å². The Morgan fingerprint density at radius 3 is 2.62 bits per heavy atom. The zero-order chi connectivity index (χ0) is 24.6. The van der Waals surface area contributed by atoms with E-state index < -0.39 is 30.3 Å². The fourth-order valence-electron chi connectivity index (χ4n) is 3.86. The molecule has 0 fully saturated rings. The van der Waals surface area contributed by atoms with E-state index in [1.807, 2.05) is 0 Å². The van der Waals surface area contributed by atoms with Crippen LogP contribution in [0.15, 0.2) is 48.5 Å². The minimum absolute atomic E-state index is 0.0843. The molecule has 0 saturated carbocycles. The van der Waals surface area contributed by atoms with Crippen LogP contribution in [0, 0.1) is 0 Å². The Morgan fingerprint density at radius 2 is 2.00 bits per heavy atom. The summed E-state index contributed by atoms with van der Waals surface area (Å²) in [4.78, 5) is 12.9. The Balaban J connectivity index is 1.66. The van der Waals surface area contributed by atoms with E-state index in [4.69, 9.17) is 16.3 Å². The lowest BCUT2D eigenvalue weighted by Gasteiger charge is -2.33. The van der Waals surface area contributed by atoms with E-state index in [1.165, 1.54) is 7.11 Å². The van der Waals surface area contributed by atoms with Crippen LogP contribution in [0.1, 0.15) is 53.1 Å². The summed E-state index contributed by atoms with van der Waals surface area (Å²) in [6, 6.07) is 10.4. The Morgan fingerprint density at radius 1 is 1.29 bits per heavy atom. The van der Waals surface area contributed by atoms with Gasteiger partial charge in [0.1, 0.15) is 16.6 Å². The summed E-state index contributed by atoms with van der Waals surface area (Å²) in [6.07, 6.45) is -5.71. The standard InChI is InChI=1S/C23H22ClF3N4O3/c1-12(32)14-4-3-5-15(10-14)28-22(33)20-19(24)21-29-17(13-6-8-16(34-2)9-7-13)11-18(23(25,26)27)31(21)30-20/h3-10,12,17-18,29,32H,11H2,1-2H3,(H,28,33)/t12-,17+,18+/m0/s1. The van der Waals surface area contributed by atoms with Gasteiger partial charge in [0.25, 0.3) is 5.91 Å². The molecule has 1 aromatic heterocycles. The maximum Gasteiger partial charge on any atom is 0.410 e. The third kappa shape index (κ3) is 4.69. The van der Waals surface area contributed by atoms with Crippen LogP contribution in [0.3, 0.4) is 0 Å². The number of ether oxygens (including phenoxy) is 1. The van der Waals surface area contributed by atoms with E-state index in [-0.39, 0.29) is 23.0 Å². The Hall–Kier alpha value is -3.24. The molecule has 0 radical (unpaired) electrons. The summed E-state index contributed by atoms with van der Waals surface area (Å²) in [6.45, 7) is 1.57. The maximum atomic E-state index is 14.0. The summed E-state index contributed by atoms with van der Waals surface area (Å²) >= 11 is 6.37. The molecule has 2 heterocycles. The number of halogens is 4. The average molecular weight is 495 g/mol. The SMILES string of the molecule is COc1ccc([C@H]2C[C@H](C(F)(F)F)n3nc(C(=O)Nc4cccc([C@H](C)O)c4)c(Cl)c3N2)cc1. The Kier molecular flexibility index (Phi) is 6.46. The lowest BCUT2D eigenvalue weighted by molar-refractivity contribution is -0.173. The molecule has 34 heavy (non-hydrogen) atoms. The number of carbonyl (C=O) groups is 1. The molecule has 3 atom stereocenters. The fraction of sp³-hybridized carbons (Fsp3) is 0.304. The number of rotatable bonds is 5. The molecule has 0 spiro atoms. The highest BCUT2D eigenvalue weighted by atomic mass is 35.5. The van der Waals surface area contributed by atoms with E-state index in [0.717, 1.165) is 4.68 Å². The first-order valence-corrected chi connectivity index (χ1v) is 10.8. The number of methoxy groups -OCH3 is 1. The van der Waals surface area contributed by atoms with E-state index in [0.29, 0.717) is 22.6 Å². The van der Waals surface area contributed by atoms with Gasteiger partial charge >= 0.3 is 6.18 Å². The third-order valence-corrected chi connectivity index (χ3v) is 6.01. The highest BCUT2D eigenvalue weighted by Crippen LogP contribution is 2.46. The first-order chi connectivity index (χ1) is 16.1. The normalized spacial score (nSPS) is 18.6. The second-order valence-corrected chi connectivity index (χ2v) is 8.35. The van der Waals surface area contributed by atoms with Gasteiger partial charge in [-0.25, -0.2) is 4.68 Å². The number of carbonyl (C=O) groups excluding carboxylic acids is 1. The molecular weight excluding hydrogens is 473 g/mol. The van der Waals surface area contributed by atoms with Gasteiger partial charge in [-0.3, -0.25) is 4.79 Å². The summed E-state index contributed by atoms with van der Waals surface area (Å²) in [5.41, 5.74) is 1.19. The summed E-state index contributed by atoms with van der Waals surface area (Å²) < 4.78 is 47.7. The summed E-state index contributed by atoms with van der Waals surface area (Å²) in [7, 11) is 1.50. The summed E-state index contributed by atoms with van der Waals surface area (Å²) in [5, 5.41) is 19.0. The predicted molar refractivity (Wildman–Crippen MR) is 121 cm³/mol. The number of fused-ring (bicyclic) bond motifs is 1. The van der Waals surface area contributed by atoms with Gasteiger partial charge in [0.05, 0.1) is 19.3 Å². The molecule has 2 aromatic carbocycles. The number of aliphatic hydroxyl groups is 1. The molecule has 0 aliphatic carbocycles. The zero-order valence-corrected chi connectivity index (χ0v) is 19.0. The highest BCUT2D eigenvalue weighted by molar-refractivity contribution is 6.36. The number of hydrogen-bond donors (Lipinski definition) is 3. The van der Waals surface area contributed by atoms with E-state index >= 15 is 0 Å². The summed E-state index contributed by atoms with van der Waals surface area (Å²) in [5.74, 6) is -0.272. The zero-order valence-electron chi connectivity index (χ0n) is 18.2. The fourth-order valence-corrected chi connectivity index (χ4v) is 4.12. The van der Waals surface area contributed by atoms with Crippen molar-refractivity contribution in [3.8, 4) is 5.75 Å². The number of nitrogens with one attached hydrogen (secondary N) is 2. The lowest BCUT2D eigenvalue weighted by atomic mass is 9.97. The second kappa shape index (κ2) is 9.19. The monoisotopic (exact) mass is 494 g/mol. The largest absolute Gasteiger partial charge is 0.497 e. The smallest absolute Gasteiger partial charge is 0.410 e. The van der Waals surface area contributed by atoms with Crippen molar-refractivity contribution in [3.05, 3.63) is 70.4 Å². The number of anilines is 2. The number of alkyl halides is 3. The first-order valence-electron chi connectivity index (χ1n) is 10.4. The minimum Gasteiger partial charge on any atom is -0.497 e. The van der Waals surface area contributed by atoms with Crippen LogP contribution in [0.2, 0.25) is 5.02 Å². The van der Waals surface area contributed by atoms with Crippen molar-refractivity contribution in [1.29, 1.82) is 0 Å². The molecule has 0 bridgehead atoms. The lowest BCUT2D eigenvalue weighted by Crippen LogP contribution is -2.35. The molecule has 4 rings (SSSR count). The Bertz CT molecular complexity index is 1200. The van der Waals surface area contributed by atoms with Gasteiger partial charge in [-0.1, -0.05) is 35.9 Å². The van der Waals surface area contributed by atoms with Crippen molar-refractivity contribution >= 4 is 29.0 Å². The third-order valence-electron chi connectivity index (χ3n) is 5.66. The molecular formula is C23H22ClF3N4O3. The predicted octanol–water partition coefficient (Wildman–Crippen LogP) is 5.51. The number of aliphatic hydroxyl groups excluding tert-OH is 1. The molecule has 7 nitrogen and oxygen atoms in total. The van der Waals surface area contributed by atoms with Crippen molar-refractivity contribution in [3.63, 3.8) is 0 Å². The average Bonchev–Trinajstić information content (AvgIpc) is 3.14. The van der Waals surface area contributed by atoms with Crippen LogP contribution in [0.4, 0.5) is 24.7 Å². The van der Waals surface area contributed by atoms with Crippen LogP contribution < -0.4 is 15.4 Å². The van der Waals surface area contributed by atoms with E-state index in [2.05, 4.69) is 15.7 Å². The van der Waals surface area contributed by atoms with Crippen LogP contribution in [-0.2, 0) is 0 Å². The maximum absolute atomic E-state index is 14.0. The van der Waals surface area contributed by atoms with Crippen LogP contribution in [0.5, 0.6) is 5.75 Å². The van der Waals surface area contributed by atoms with Gasteiger partial charge in [0.2, 0.25) is 0 Å². The molecule has 3 aromatic rings. The topological polar surface area (TPSA) is 88.4 Å². The van der Waals surface area contributed by atoms with Gasteiger partial charge in [-0.2, -0.15) is 18.3 Å². The van der Waals surface area contributed by atoms with Gasteiger partial charge in [0, 0.05) is 12.1 Å². The first kappa shape index (κ1) is 23.9. The van der Waals surface area contributed by atoms with Crippen molar-refractivity contribution in [2.75, 3.05) is 17.7 Å². The van der Waals surface area contributed by atoms with Crippen LogP contribution in [-0.4, -0.2) is 34.1 Å². The molecule has 0 unspecified atom stereocenters. The van der Waals surface area contributed by atoms with Gasteiger partial charge in [-0.05, 0) is 42.3 Å². The molecule has 1 amide bonds. The number of hydrogen-bond acceptors (Lipinski definition) is 5. The molecule has 180 valence electrons. The van der Waals surface area contributed by atoms with E-state index in [9.17, 15) is 23.1 Å². The number of benzene rings is 2. The van der Waals surface area contributed by atoms with Gasteiger partial charge < -0.3 is 20.5 Å². The van der Waals surface area contributed by atoms with Crippen molar-refractivity contribution in [2.45, 2.75) is 37.7 Å². The molecule has 1 aliphatic heterocycles. The van der Waals surface area contributed by atoms with E-state index in [1.54, 1.807) is 55.5 Å². The van der Waals surface area contributed by atoms with Crippen LogP contribution >= 0.6 is 11.6 Å². The number of nitrogens with zero attached hydrogens (tertiary/aromatic N) is 2. The quantitative estimate of drug-likeness (QED) is 0.435. The van der Waals surface area contributed by atoms with Crippen molar-refractivity contribution in [1.82, 2.24) is 9.78 Å². The van der Waals surface area contributed by atoms with Crippen molar-refractivity contribution in [2.24, 2.45) is 0 Å². The second-order valence-electron chi connectivity index (χ2n) is 7.97. The Labute approximate surface area is 198 Å². The molecule has 11 heteroatoms. The number of amides is 1. The number of aromatic nitrogens is 2. The molecule has 3 N–H and O–H groups in total. The van der Waals surface area contributed by atoms with Gasteiger partial charge in [0.15, 0.2) is 11.7 Å². The minimum atomic E-state index is -4.61. The van der Waals surface area contributed by atoms with Gasteiger partial charge in [-0.15, -0.1) is 0 Å². The molecule has 1 aliphatic rings. The highest BCUT2D eigenvalue weighted by Gasteiger charge is 2.47. The van der Waals surface area contributed by atoms with Crippen molar-refractivity contribution < 1.29 is 27.8 Å². The molecule has 0 saturated heterocycles.